The van der Waals surface area contributed by atoms with Gasteiger partial charge in [-0.1, -0.05) is 32.4 Å². The molecule has 0 aliphatic rings. The molecule has 1 atom stereocenters. The number of hydrogen-bond donors (Lipinski definition) is 1. The van der Waals surface area contributed by atoms with Crippen LogP contribution in [0, 0.1) is 11.3 Å². The van der Waals surface area contributed by atoms with Crippen LogP contribution in [0.4, 0.5) is 0 Å². The molecule has 104 valence electrons. The molecule has 1 aromatic carbocycles. The molecule has 1 rings (SSSR count). The van der Waals surface area contributed by atoms with Crippen molar-refractivity contribution in [2.45, 2.75) is 45.6 Å². The van der Waals surface area contributed by atoms with E-state index in [4.69, 9.17) is 4.74 Å². The van der Waals surface area contributed by atoms with Crippen LogP contribution >= 0.6 is 0 Å². The van der Waals surface area contributed by atoms with Crippen molar-refractivity contribution in [2.75, 3.05) is 13.2 Å². The Morgan fingerprint density at radius 2 is 1.89 bits per heavy atom. The second-order valence-corrected chi connectivity index (χ2v) is 5.05. The maximum Gasteiger partial charge on any atom is 0.138 e. The molecular weight excluding hydrogens is 236 g/mol. The Morgan fingerprint density at radius 1 is 1.21 bits per heavy atom. The first-order chi connectivity index (χ1) is 9.13. The monoisotopic (exact) mass is 260 g/mol. The van der Waals surface area contributed by atoms with Gasteiger partial charge in [-0.05, 0) is 44.0 Å². The van der Waals surface area contributed by atoms with Crippen LogP contribution in [0.3, 0.4) is 0 Å². The predicted molar refractivity (Wildman–Crippen MR) is 78.2 cm³/mol. The number of nitriles is 1. The highest BCUT2D eigenvalue weighted by Gasteiger charge is 2.23. The minimum Gasteiger partial charge on any atom is -0.491 e. The minimum atomic E-state index is -0.627. The summed E-state index contributed by atoms with van der Waals surface area (Å²) in [5, 5.41) is 12.4. The van der Waals surface area contributed by atoms with Crippen molar-refractivity contribution in [1.29, 1.82) is 5.26 Å². The van der Waals surface area contributed by atoms with Gasteiger partial charge < -0.3 is 4.74 Å². The van der Waals surface area contributed by atoms with Crippen LogP contribution in [0.1, 0.15) is 39.2 Å². The molecule has 0 aromatic heterocycles. The first-order valence-corrected chi connectivity index (χ1v) is 7.01. The maximum atomic E-state index is 9.21. The topological polar surface area (TPSA) is 45.0 Å². The molecule has 1 unspecified atom stereocenters. The van der Waals surface area contributed by atoms with Crippen molar-refractivity contribution in [3.05, 3.63) is 29.8 Å². The summed E-state index contributed by atoms with van der Waals surface area (Å²) < 4.78 is 5.71. The summed E-state index contributed by atoms with van der Waals surface area (Å²) in [6, 6.07) is 10.4. The number of hydrogen-bond acceptors (Lipinski definition) is 3. The quantitative estimate of drug-likeness (QED) is 0.780. The predicted octanol–water partition coefficient (Wildman–Crippen LogP) is 3.30. The standard InChI is InChI=1S/C16H24N2O/c1-4-6-14-7-9-15(10-8-14)19-13-16(3,12-17)18-11-5-2/h7-10,18H,4-6,11,13H2,1-3H3. The molecule has 1 aromatic rings. The average molecular weight is 260 g/mol. The van der Waals surface area contributed by atoms with E-state index in [9.17, 15) is 5.26 Å². The Labute approximate surface area is 116 Å². The van der Waals surface area contributed by atoms with E-state index in [1.807, 2.05) is 19.1 Å². The Balaban J connectivity index is 2.52. The van der Waals surface area contributed by atoms with E-state index < -0.39 is 5.54 Å². The van der Waals surface area contributed by atoms with Crippen molar-refractivity contribution in [3.8, 4) is 11.8 Å². The van der Waals surface area contributed by atoms with Crippen LogP contribution in [0.15, 0.2) is 24.3 Å². The van der Waals surface area contributed by atoms with Gasteiger partial charge in [0.1, 0.15) is 17.9 Å². The fourth-order valence-electron chi connectivity index (χ4n) is 1.79. The van der Waals surface area contributed by atoms with Crippen molar-refractivity contribution >= 4 is 0 Å². The molecule has 3 nitrogen and oxygen atoms in total. The van der Waals surface area contributed by atoms with E-state index >= 15 is 0 Å². The highest BCUT2D eigenvalue weighted by atomic mass is 16.5. The Morgan fingerprint density at radius 3 is 2.42 bits per heavy atom. The van der Waals surface area contributed by atoms with Crippen molar-refractivity contribution in [3.63, 3.8) is 0 Å². The Bertz CT molecular complexity index is 408. The molecule has 0 radical (unpaired) electrons. The zero-order valence-electron chi connectivity index (χ0n) is 12.2. The highest BCUT2D eigenvalue weighted by molar-refractivity contribution is 5.27. The fraction of sp³-hybridized carbons (Fsp3) is 0.562. The highest BCUT2D eigenvalue weighted by Crippen LogP contribution is 2.15. The van der Waals surface area contributed by atoms with Gasteiger partial charge in [-0.25, -0.2) is 0 Å². The zero-order chi connectivity index (χ0) is 14.1. The third-order valence-electron chi connectivity index (χ3n) is 3.00. The van der Waals surface area contributed by atoms with Crippen LogP contribution in [0.25, 0.3) is 0 Å². The van der Waals surface area contributed by atoms with Gasteiger partial charge in [-0.15, -0.1) is 0 Å². The van der Waals surface area contributed by atoms with E-state index in [2.05, 4.69) is 37.4 Å². The molecule has 0 spiro atoms. The van der Waals surface area contributed by atoms with E-state index in [1.54, 1.807) is 0 Å². The van der Waals surface area contributed by atoms with Gasteiger partial charge in [0, 0.05) is 0 Å². The third-order valence-corrected chi connectivity index (χ3v) is 3.00. The summed E-state index contributed by atoms with van der Waals surface area (Å²) in [5.41, 5.74) is 0.694. The van der Waals surface area contributed by atoms with Crippen LogP contribution in [-0.2, 0) is 6.42 Å². The number of benzene rings is 1. The number of nitrogens with zero attached hydrogens (tertiary/aromatic N) is 1. The second kappa shape index (κ2) is 7.81. The normalized spacial score (nSPS) is 13.6. The van der Waals surface area contributed by atoms with Crippen LogP contribution in [0.5, 0.6) is 5.75 Å². The van der Waals surface area contributed by atoms with E-state index in [1.165, 1.54) is 5.56 Å². The number of aryl methyl sites for hydroxylation is 1. The van der Waals surface area contributed by atoms with Gasteiger partial charge in [0.25, 0.3) is 0 Å². The van der Waals surface area contributed by atoms with E-state index in [0.717, 1.165) is 31.6 Å². The van der Waals surface area contributed by atoms with Crippen LogP contribution in [-0.4, -0.2) is 18.7 Å². The number of rotatable bonds is 8. The summed E-state index contributed by atoms with van der Waals surface area (Å²) in [6.45, 7) is 7.30. The van der Waals surface area contributed by atoms with Crippen molar-refractivity contribution in [2.24, 2.45) is 0 Å². The molecule has 0 amide bonds. The smallest absolute Gasteiger partial charge is 0.138 e. The van der Waals surface area contributed by atoms with Gasteiger partial charge in [0.2, 0.25) is 0 Å². The molecule has 0 aliphatic carbocycles. The summed E-state index contributed by atoms with van der Waals surface area (Å²) in [6.07, 6.45) is 3.24. The molecule has 0 heterocycles. The lowest BCUT2D eigenvalue weighted by Gasteiger charge is -2.23. The summed E-state index contributed by atoms with van der Waals surface area (Å²) in [7, 11) is 0. The van der Waals surface area contributed by atoms with E-state index in [0.29, 0.717) is 6.61 Å². The van der Waals surface area contributed by atoms with Gasteiger partial charge >= 0.3 is 0 Å². The first-order valence-electron chi connectivity index (χ1n) is 7.01. The number of nitrogens with one attached hydrogen (secondary N) is 1. The Kier molecular flexibility index (Phi) is 6.38. The van der Waals surface area contributed by atoms with Gasteiger partial charge in [-0.2, -0.15) is 5.26 Å². The fourth-order valence-corrected chi connectivity index (χ4v) is 1.79. The first kappa shape index (κ1) is 15.5. The summed E-state index contributed by atoms with van der Waals surface area (Å²) >= 11 is 0. The second-order valence-electron chi connectivity index (χ2n) is 5.05. The van der Waals surface area contributed by atoms with Crippen LogP contribution in [0.2, 0.25) is 0 Å². The van der Waals surface area contributed by atoms with Gasteiger partial charge in [0.15, 0.2) is 0 Å². The zero-order valence-corrected chi connectivity index (χ0v) is 12.2. The lowest BCUT2D eigenvalue weighted by molar-refractivity contribution is 0.234. The van der Waals surface area contributed by atoms with Crippen molar-refractivity contribution < 1.29 is 4.74 Å². The van der Waals surface area contributed by atoms with Gasteiger partial charge in [0.05, 0.1) is 6.07 Å². The summed E-state index contributed by atoms with van der Waals surface area (Å²) in [4.78, 5) is 0. The van der Waals surface area contributed by atoms with Crippen LogP contribution < -0.4 is 10.1 Å². The minimum absolute atomic E-state index is 0.358. The molecule has 3 heteroatoms. The SMILES string of the molecule is CCCNC(C)(C#N)COc1ccc(CCC)cc1. The number of ether oxygens (including phenoxy) is 1. The lowest BCUT2D eigenvalue weighted by Crippen LogP contribution is -2.46. The molecule has 1 N–H and O–H groups in total. The molecular formula is C16H24N2O. The third kappa shape index (κ3) is 5.32. The molecule has 0 bridgehead atoms. The summed E-state index contributed by atoms with van der Waals surface area (Å²) in [5.74, 6) is 0.819. The molecule has 19 heavy (non-hydrogen) atoms. The molecule has 0 aliphatic heterocycles. The van der Waals surface area contributed by atoms with Crippen molar-refractivity contribution in [1.82, 2.24) is 5.32 Å². The largest absolute Gasteiger partial charge is 0.491 e. The Hall–Kier alpha value is -1.53. The average Bonchev–Trinajstić information content (AvgIpc) is 2.45. The molecule has 0 saturated carbocycles. The van der Waals surface area contributed by atoms with E-state index in [-0.39, 0.29) is 0 Å². The lowest BCUT2D eigenvalue weighted by atomic mass is 10.1. The molecule has 0 fully saturated rings. The maximum absolute atomic E-state index is 9.21. The van der Waals surface area contributed by atoms with Gasteiger partial charge in [-0.3, -0.25) is 5.32 Å². The molecule has 0 saturated heterocycles.